The Bertz CT molecular complexity index is 502. The molecule has 108 valence electrons. The van der Waals surface area contributed by atoms with E-state index in [9.17, 15) is 0 Å². The average Bonchev–Trinajstić information content (AvgIpc) is 2.88. The summed E-state index contributed by atoms with van der Waals surface area (Å²) >= 11 is 0. The molecule has 4 rings (SSSR count). The van der Waals surface area contributed by atoms with Crippen molar-refractivity contribution in [1.29, 1.82) is 0 Å². The molecule has 0 spiro atoms. The van der Waals surface area contributed by atoms with Crippen molar-refractivity contribution in [2.24, 2.45) is 17.8 Å². The molecule has 1 heterocycles. The van der Waals surface area contributed by atoms with E-state index in [1.165, 1.54) is 30.4 Å². The molecule has 0 bridgehead atoms. The SMILES string of the molecule is CCNC(c1ccc2c(c1)CC(C)O2)C1CC2CC2C1. The highest BCUT2D eigenvalue weighted by Gasteiger charge is 2.48. The Hall–Kier alpha value is -1.02. The van der Waals surface area contributed by atoms with E-state index < -0.39 is 0 Å². The van der Waals surface area contributed by atoms with Crippen LogP contribution >= 0.6 is 0 Å². The Morgan fingerprint density at radius 3 is 2.80 bits per heavy atom. The van der Waals surface area contributed by atoms with Gasteiger partial charge in [0, 0.05) is 12.5 Å². The van der Waals surface area contributed by atoms with Crippen molar-refractivity contribution in [3.63, 3.8) is 0 Å². The van der Waals surface area contributed by atoms with E-state index in [0.29, 0.717) is 12.1 Å². The minimum Gasteiger partial charge on any atom is -0.490 e. The smallest absolute Gasteiger partial charge is 0.123 e. The molecule has 2 nitrogen and oxygen atoms in total. The average molecular weight is 271 g/mol. The molecule has 1 aromatic carbocycles. The number of ether oxygens (including phenoxy) is 1. The molecule has 0 saturated heterocycles. The second-order valence-electron chi connectivity index (χ2n) is 7.02. The van der Waals surface area contributed by atoms with E-state index in [2.05, 4.69) is 37.4 Å². The van der Waals surface area contributed by atoms with Gasteiger partial charge >= 0.3 is 0 Å². The third-order valence-corrected chi connectivity index (χ3v) is 5.45. The minimum atomic E-state index is 0.344. The van der Waals surface area contributed by atoms with Gasteiger partial charge in [0.2, 0.25) is 0 Å². The van der Waals surface area contributed by atoms with Gasteiger partial charge in [-0.2, -0.15) is 0 Å². The van der Waals surface area contributed by atoms with Gasteiger partial charge in [0.25, 0.3) is 0 Å². The van der Waals surface area contributed by atoms with Gasteiger partial charge < -0.3 is 10.1 Å². The van der Waals surface area contributed by atoms with Gasteiger partial charge in [0.05, 0.1) is 0 Å². The second kappa shape index (κ2) is 4.77. The van der Waals surface area contributed by atoms with E-state index in [1.54, 1.807) is 0 Å². The fraction of sp³-hybridized carbons (Fsp3) is 0.667. The summed E-state index contributed by atoms with van der Waals surface area (Å²) in [5.41, 5.74) is 2.88. The predicted octanol–water partition coefficient (Wildman–Crippen LogP) is 3.71. The first kappa shape index (κ1) is 12.7. The van der Waals surface area contributed by atoms with Crippen LogP contribution in [-0.4, -0.2) is 12.6 Å². The van der Waals surface area contributed by atoms with Gasteiger partial charge in [-0.1, -0.05) is 19.1 Å². The maximum atomic E-state index is 5.83. The zero-order valence-corrected chi connectivity index (χ0v) is 12.6. The normalized spacial score (nSPS) is 35.3. The monoisotopic (exact) mass is 271 g/mol. The number of hydrogen-bond acceptors (Lipinski definition) is 2. The molecule has 0 amide bonds. The Kier molecular flexibility index (Phi) is 3.03. The minimum absolute atomic E-state index is 0.344. The van der Waals surface area contributed by atoms with Crippen LogP contribution in [0.15, 0.2) is 18.2 Å². The van der Waals surface area contributed by atoms with Crippen molar-refractivity contribution in [2.75, 3.05) is 6.54 Å². The van der Waals surface area contributed by atoms with Crippen LogP contribution in [0.5, 0.6) is 5.75 Å². The van der Waals surface area contributed by atoms with Gasteiger partial charge in [-0.15, -0.1) is 0 Å². The molecule has 4 atom stereocenters. The van der Waals surface area contributed by atoms with Gasteiger partial charge in [-0.25, -0.2) is 0 Å². The molecule has 0 aromatic heterocycles. The van der Waals surface area contributed by atoms with Crippen molar-refractivity contribution in [2.45, 2.75) is 51.7 Å². The van der Waals surface area contributed by atoms with E-state index in [0.717, 1.165) is 36.5 Å². The summed E-state index contributed by atoms with van der Waals surface area (Å²) in [6.07, 6.45) is 5.79. The summed E-state index contributed by atoms with van der Waals surface area (Å²) in [7, 11) is 0. The lowest BCUT2D eigenvalue weighted by atomic mass is 9.88. The number of nitrogens with one attached hydrogen (secondary N) is 1. The van der Waals surface area contributed by atoms with Crippen LogP contribution < -0.4 is 10.1 Å². The molecule has 20 heavy (non-hydrogen) atoms. The fourth-order valence-electron chi connectivity index (χ4n) is 4.45. The molecule has 1 N–H and O–H groups in total. The summed E-state index contributed by atoms with van der Waals surface area (Å²) in [6.45, 7) is 5.44. The molecular weight excluding hydrogens is 246 g/mol. The molecule has 2 saturated carbocycles. The Morgan fingerprint density at radius 1 is 1.25 bits per heavy atom. The number of fused-ring (bicyclic) bond motifs is 2. The van der Waals surface area contributed by atoms with E-state index >= 15 is 0 Å². The highest BCUT2D eigenvalue weighted by atomic mass is 16.5. The standard InChI is InChI=1S/C18H25NO/c1-3-19-18(16-9-13-8-14(13)10-16)12-4-5-17-15(7-12)6-11(2)20-17/h4-5,7,11,13-14,16,18-19H,3,6,8-10H2,1-2H3. The van der Waals surface area contributed by atoms with Gasteiger partial charge in [-0.05, 0) is 67.7 Å². The third kappa shape index (κ3) is 2.14. The highest BCUT2D eigenvalue weighted by molar-refractivity contribution is 5.41. The zero-order chi connectivity index (χ0) is 13.7. The first-order valence-corrected chi connectivity index (χ1v) is 8.27. The van der Waals surface area contributed by atoms with E-state index in [1.807, 2.05) is 0 Å². The zero-order valence-electron chi connectivity index (χ0n) is 12.6. The van der Waals surface area contributed by atoms with Crippen LogP contribution in [0.1, 0.15) is 50.3 Å². The first-order valence-electron chi connectivity index (χ1n) is 8.27. The van der Waals surface area contributed by atoms with Crippen molar-refractivity contribution in [3.05, 3.63) is 29.3 Å². The topological polar surface area (TPSA) is 21.3 Å². The molecule has 1 aromatic rings. The Morgan fingerprint density at radius 2 is 2.05 bits per heavy atom. The van der Waals surface area contributed by atoms with Gasteiger partial charge in [-0.3, -0.25) is 0 Å². The molecular formula is C18H25NO. The summed E-state index contributed by atoms with van der Waals surface area (Å²) in [6, 6.07) is 7.42. The van der Waals surface area contributed by atoms with Gasteiger partial charge in [0.1, 0.15) is 11.9 Å². The molecule has 0 radical (unpaired) electrons. The summed E-state index contributed by atoms with van der Waals surface area (Å²) in [5, 5.41) is 3.74. The molecule has 1 aliphatic heterocycles. The van der Waals surface area contributed by atoms with Crippen LogP contribution in [0.3, 0.4) is 0 Å². The van der Waals surface area contributed by atoms with Crippen LogP contribution in [0.2, 0.25) is 0 Å². The Balaban J connectivity index is 1.58. The lowest BCUT2D eigenvalue weighted by Gasteiger charge is -2.26. The number of rotatable bonds is 4. The lowest BCUT2D eigenvalue weighted by Crippen LogP contribution is -2.27. The quantitative estimate of drug-likeness (QED) is 0.901. The van der Waals surface area contributed by atoms with Crippen molar-refractivity contribution in [1.82, 2.24) is 5.32 Å². The largest absolute Gasteiger partial charge is 0.490 e. The number of benzene rings is 1. The highest BCUT2D eigenvalue weighted by Crippen LogP contribution is 2.57. The molecule has 4 unspecified atom stereocenters. The van der Waals surface area contributed by atoms with Crippen molar-refractivity contribution >= 4 is 0 Å². The second-order valence-corrected chi connectivity index (χ2v) is 7.02. The predicted molar refractivity (Wildman–Crippen MR) is 81.0 cm³/mol. The van der Waals surface area contributed by atoms with Crippen molar-refractivity contribution in [3.8, 4) is 5.75 Å². The maximum absolute atomic E-state index is 5.83. The van der Waals surface area contributed by atoms with Gasteiger partial charge in [0.15, 0.2) is 0 Å². The first-order chi connectivity index (χ1) is 9.74. The molecule has 2 fully saturated rings. The van der Waals surface area contributed by atoms with E-state index in [-0.39, 0.29) is 0 Å². The summed E-state index contributed by atoms with van der Waals surface area (Å²) in [4.78, 5) is 0. The molecule has 2 heteroatoms. The summed E-state index contributed by atoms with van der Waals surface area (Å²) < 4.78 is 5.83. The molecule has 2 aliphatic carbocycles. The van der Waals surface area contributed by atoms with E-state index in [4.69, 9.17) is 4.74 Å². The molecule has 3 aliphatic rings. The van der Waals surface area contributed by atoms with Crippen molar-refractivity contribution < 1.29 is 4.74 Å². The van der Waals surface area contributed by atoms with Crippen LogP contribution in [0.25, 0.3) is 0 Å². The lowest BCUT2D eigenvalue weighted by molar-refractivity contribution is 0.254. The maximum Gasteiger partial charge on any atom is 0.123 e. The third-order valence-electron chi connectivity index (χ3n) is 5.45. The summed E-state index contributed by atoms with van der Waals surface area (Å²) in [5.74, 6) is 4.06. The number of hydrogen-bond donors (Lipinski definition) is 1. The van der Waals surface area contributed by atoms with Crippen LogP contribution in [0, 0.1) is 17.8 Å². The fourth-order valence-corrected chi connectivity index (χ4v) is 4.45. The van der Waals surface area contributed by atoms with Crippen LogP contribution in [-0.2, 0) is 6.42 Å². The Labute approximate surface area is 121 Å². The van der Waals surface area contributed by atoms with Crippen LogP contribution in [0.4, 0.5) is 0 Å².